The molecule has 0 aliphatic heterocycles. The Kier molecular flexibility index (Phi) is 2.94. The number of anilines is 2. The summed E-state index contributed by atoms with van der Waals surface area (Å²) in [6.45, 7) is 2.75. The Labute approximate surface area is 114 Å². The van der Waals surface area contributed by atoms with E-state index in [4.69, 9.17) is 10.2 Å². The molecule has 3 rings (SSSR count). The summed E-state index contributed by atoms with van der Waals surface area (Å²) in [6.07, 6.45) is 3.64. The largest absolute Gasteiger partial charge is 0.417 e. The van der Waals surface area contributed by atoms with Gasteiger partial charge >= 0.3 is 5.76 Å². The third-order valence-corrected chi connectivity index (χ3v) is 3.01. The topological polar surface area (TPSA) is 102 Å². The molecule has 0 saturated carbocycles. The second kappa shape index (κ2) is 4.76. The first-order valence-corrected chi connectivity index (χ1v) is 6.28. The van der Waals surface area contributed by atoms with Crippen molar-refractivity contribution in [2.75, 3.05) is 11.1 Å². The van der Waals surface area contributed by atoms with Gasteiger partial charge in [0.2, 0.25) is 0 Å². The zero-order valence-electron chi connectivity index (χ0n) is 11.0. The fraction of sp³-hybridized carbons (Fsp3) is 0.231. The van der Waals surface area contributed by atoms with E-state index in [1.54, 1.807) is 18.3 Å². The van der Waals surface area contributed by atoms with E-state index in [-0.39, 0.29) is 6.04 Å². The van der Waals surface area contributed by atoms with Gasteiger partial charge in [0.1, 0.15) is 0 Å². The van der Waals surface area contributed by atoms with E-state index in [2.05, 4.69) is 15.4 Å². The van der Waals surface area contributed by atoms with Crippen molar-refractivity contribution in [2.45, 2.75) is 19.5 Å². The Morgan fingerprint density at radius 1 is 1.55 bits per heavy atom. The maximum absolute atomic E-state index is 11.2. The molecule has 0 saturated heterocycles. The molecule has 3 aromatic rings. The second-order valence-electron chi connectivity index (χ2n) is 4.72. The summed E-state index contributed by atoms with van der Waals surface area (Å²) in [7, 11) is 0. The summed E-state index contributed by atoms with van der Waals surface area (Å²) in [5.74, 6) is -0.485. The maximum atomic E-state index is 11.2. The van der Waals surface area contributed by atoms with Gasteiger partial charge in [0, 0.05) is 24.5 Å². The standard InChI is InChI=1S/C13H15N5O2/c1-8(7-18-4-2-3-15-18)16-10-6-11-12(5-9(10)14)20-13(19)17-11/h2-6,8,16H,7,14H2,1H3,(H,17,19). The van der Waals surface area contributed by atoms with Gasteiger partial charge in [-0.3, -0.25) is 9.67 Å². The Morgan fingerprint density at radius 2 is 2.40 bits per heavy atom. The van der Waals surface area contributed by atoms with Crippen LogP contribution in [0.15, 0.2) is 39.8 Å². The number of nitrogens with zero attached hydrogens (tertiary/aromatic N) is 2. The molecule has 2 heterocycles. The van der Waals surface area contributed by atoms with Gasteiger partial charge in [0.25, 0.3) is 0 Å². The molecular formula is C13H15N5O2. The average Bonchev–Trinajstić information content (AvgIpc) is 2.98. The number of fused-ring (bicyclic) bond motifs is 1. The van der Waals surface area contributed by atoms with Gasteiger partial charge in [0.05, 0.1) is 23.4 Å². The number of nitrogen functional groups attached to an aromatic ring is 1. The number of aromatic amines is 1. The zero-order chi connectivity index (χ0) is 14.1. The third kappa shape index (κ3) is 2.37. The van der Waals surface area contributed by atoms with Crippen LogP contribution in [-0.4, -0.2) is 20.8 Å². The van der Waals surface area contributed by atoms with Crippen LogP contribution in [0.2, 0.25) is 0 Å². The number of H-pyrrole nitrogens is 1. The van der Waals surface area contributed by atoms with Gasteiger partial charge in [-0.25, -0.2) is 4.79 Å². The van der Waals surface area contributed by atoms with Crippen molar-refractivity contribution in [1.82, 2.24) is 14.8 Å². The number of benzene rings is 1. The number of hydrogen-bond acceptors (Lipinski definition) is 5. The van der Waals surface area contributed by atoms with Crippen LogP contribution in [0.4, 0.5) is 11.4 Å². The molecule has 1 unspecified atom stereocenters. The molecule has 0 bridgehead atoms. The molecule has 0 radical (unpaired) electrons. The number of rotatable bonds is 4. The Morgan fingerprint density at radius 3 is 3.15 bits per heavy atom. The van der Waals surface area contributed by atoms with Gasteiger partial charge in [-0.2, -0.15) is 5.10 Å². The molecule has 7 nitrogen and oxygen atoms in total. The summed E-state index contributed by atoms with van der Waals surface area (Å²) in [4.78, 5) is 13.8. The molecule has 4 N–H and O–H groups in total. The lowest BCUT2D eigenvalue weighted by atomic mass is 10.2. The third-order valence-electron chi connectivity index (χ3n) is 3.01. The van der Waals surface area contributed by atoms with Crippen LogP contribution in [0.1, 0.15) is 6.92 Å². The number of oxazole rings is 1. The molecule has 20 heavy (non-hydrogen) atoms. The molecule has 7 heteroatoms. The van der Waals surface area contributed by atoms with E-state index in [0.29, 0.717) is 23.3 Å². The number of nitrogens with one attached hydrogen (secondary N) is 2. The number of hydrogen-bond donors (Lipinski definition) is 3. The van der Waals surface area contributed by atoms with Crippen LogP contribution in [-0.2, 0) is 6.54 Å². The molecule has 0 amide bonds. The molecule has 0 aliphatic carbocycles. The van der Waals surface area contributed by atoms with Crippen molar-refractivity contribution in [3.63, 3.8) is 0 Å². The van der Waals surface area contributed by atoms with Crippen molar-refractivity contribution in [2.24, 2.45) is 0 Å². The highest BCUT2D eigenvalue weighted by Gasteiger charge is 2.09. The molecule has 104 valence electrons. The molecule has 0 aliphatic rings. The summed E-state index contributed by atoms with van der Waals surface area (Å²) < 4.78 is 6.80. The van der Waals surface area contributed by atoms with E-state index in [1.165, 1.54) is 0 Å². The molecular weight excluding hydrogens is 258 g/mol. The smallest absolute Gasteiger partial charge is 0.408 e. The van der Waals surface area contributed by atoms with Crippen LogP contribution < -0.4 is 16.8 Å². The molecule has 0 fully saturated rings. The van der Waals surface area contributed by atoms with Crippen molar-refractivity contribution >= 4 is 22.5 Å². The summed E-state index contributed by atoms with van der Waals surface area (Å²) >= 11 is 0. The van der Waals surface area contributed by atoms with Crippen LogP contribution in [0.25, 0.3) is 11.1 Å². The molecule has 2 aromatic heterocycles. The van der Waals surface area contributed by atoms with Crippen LogP contribution in [0, 0.1) is 0 Å². The lowest BCUT2D eigenvalue weighted by molar-refractivity contribution is 0.555. The van der Waals surface area contributed by atoms with Gasteiger partial charge in [-0.05, 0) is 19.1 Å². The van der Waals surface area contributed by atoms with Crippen molar-refractivity contribution in [3.8, 4) is 0 Å². The van der Waals surface area contributed by atoms with E-state index in [0.717, 1.165) is 5.69 Å². The normalized spacial score (nSPS) is 12.7. The average molecular weight is 273 g/mol. The monoisotopic (exact) mass is 273 g/mol. The van der Waals surface area contributed by atoms with Crippen molar-refractivity contribution in [1.29, 1.82) is 0 Å². The highest BCUT2D eigenvalue weighted by Crippen LogP contribution is 2.25. The van der Waals surface area contributed by atoms with Gasteiger partial charge < -0.3 is 15.5 Å². The summed E-state index contributed by atoms with van der Waals surface area (Å²) in [5.41, 5.74) is 8.33. The van der Waals surface area contributed by atoms with E-state index in [1.807, 2.05) is 23.9 Å². The number of aromatic nitrogens is 3. The highest BCUT2D eigenvalue weighted by atomic mass is 16.4. The first kappa shape index (κ1) is 12.3. The van der Waals surface area contributed by atoms with Crippen LogP contribution >= 0.6 is 0 Å². The molecule has 1 atom stereocenters. The van der Waals surface area contributed by atoms with E-state index < -0.39 is 5.76 Å². The van der Waals surface area contributed by atoms with Crippen molar-refractivity contribution in [3.05, 3.63) is 41.1 Å². The maximum Gasteiger partial charge on any atom is 0.417 e. The minimum atomic E-state index is -0.485. The quantitative estimate of drug-likeness (QED) is 0.624. The predicted octanol–water partition coefficient (Wildman–Crippen LogP) is 1.40. The predicted molar refractivity (Wildman–Crippen MR) is 76.6 cm³/mol. The van der Waals surface area contributed by atoms with Crippen LogP contribution in [0.3, 0.4) is 0 Å². The fourth-order valence-corrected chi connectivity index (χ4v) is 2.14. The lowest BCUT2D eigenvalue weighted by Crippen LogP contribution is -2.22. The Balaban J connectivity index is 1.82. The minimum absolute atomic E-state index is 0.133. The Hall–Kier alpha value is -2.70. The zero-order valence-corrected chi connectivity index (χ0v) is 11.0. The van der Waals surface area contributed by atoms with Crippen LogP contribution in [0.5, 0.6) is 0 Å². The second-order valence-corrected chi connectivity index (χ2v) is 4.72. The van der Waals surface area contributed by atoms with E-state index >= 15 is 0 Å². The summed E-state index contributed by atoms with van der Waals surface area (Å²) in [5, 5.41) is 7.46. The van der Waals surface area contributed by atoms with Crippen molar-refractivity contribution < 1.29 is 4.42 Å². The van der Waals surface area contributed by atoms with Gasteiger partial charge in [0.15, 0.2) is 5.58 Å². The van der Waals surface area contributed by atoms with Gasteiger partial charge in [-0.1, -0.05) is 0 Å². The number of nitrogens with two attached hydrogens (primary N) is 1. The summed E-state index contributed by atoms with van der Waals surface area (Å²) in [6, 6.07) is 5.42. The molecule has 1 aromatic carbocycles. The fourth-order valence-electron chi connectivity index (χ4n) is 2.14. The SMILES string of the molecule is CC(Cn1cccn1)Nc1cc2[nH]c(=O)oc2cc1N. The first-order chi connectivity index (χ1) is 9.61. The minimum Gasteiger partial charge on any atom is -0.408 e. The highest BCUT2D eigenvalue weighted by molar-refractivity contribution is 5.85. The Bertz CT molecular complexity index is 772. The molecule has 0 spiro atoms. The first-order valence-electron chi connectivity index (χ1n) is 6.28. The van der Waals surface area contributed by atoms with Gasteiger partial charge in [-0.15, -0.1) is 0 Å². The van der Waals surface area contributed by atoms with E-state index in [9.17, 15) is 4.79 Å². The lowest BCUT2D eigenvalue weighted by Gasteiger charge is -2.16.